The van der Waals surface area contributed by atoms with E-state index in [9.17, 15) is 10.1 Å². The van der Waals surface area contributed by atoms with Gasteiger partial charge in [0.1, 0.15) is 5.75 Å². The van der Waals surface area contributed by atoms with Gasteiger partial charge in [0.2, 0.25) is 0 Å². The number of fused-ring (bicyclic) bond motifs is 1. The lowest BCUT2D eigenvalue weighted by Gasteiger charge is -2.18. The minimum atomic E-state index is -0.354. The highest BCUT2D eigenvalue weighted by molar-refractivity contribution is 7.19. The molecule has 1 heterocycles. The molecule has 1 aromatic heterocycles. The number of hydrogen-bond donors (Lipinski definition) is 0. The molecule has 2 aromatic carbocycles. The molecule has 4 rings (SSSR count). The van der Waals surface area contributed by atoms with Gasteiger partial charge in [-0.15, -0.1) is 11.3 Å². The van der Waals surface area contributed by atoms with Crippen LogP contribution in [0.3, 0.4) is 0 Å². The van der Waals surface area contributed by atoms with E-state index >= 15 is 0 Å². The summed E-state index contributed by atoms with van der Waals surface area (Å²) < 4.78 is 5.29. The van der Waals surface area contributed by atoms with Gasteiger partial charge in [-0.1, -0.05) is 11.1 Å². The molecule has 142 valence electrons. The summed E-state index contributed by atoms with van der Waals surface area (Å²) in [6.07, 6.45) is 1.88. The van der Waals surface area contributed by atoms with Gasteiger partial charge >= 0.3 is 0 Å². The van der Waals surface area contributed by atoms with Crippen molar-refractivity contribution in [3.63, 3.8) is 0 Å². The summed E-state index contributed by atoms with van der Waals surface area (Å²) in [5.41, 5.74) is 7.92. The van der Waals surface area contributed by atoms with Crippen LogP contribution in [0.5, 0.6) is 5.75 Å². The third-order valence-electron chi connectivity index (χ3n) is 5.42. The smallest absolute Gasteiger partial charge is 0.269 e. The van der Waals surface area contributed by atoms with Crippen molar-refractivity contribution in [3.8, 4) is 26.6 Å². The Kier molecular flexibility index (Phi) is 4.77. The Morgan fingerprint density at radius 2 is 1.32 bits per heavy atom. The predicted octanol–water partition coefficient (Wildman–Crippen LogP) is 6.43. The number of nitro benzene ring substituents is 1. The highest BCUT2D eigenvalue weighted by atomic mass is 32.1. The summed E-state index contributed by atoms with van der Waals surface area (Å²) in [5, 5.41) is 11.0. The van der Waals surface area contributed by atoms with Gasteiger partial charge in [-0.05, 0) is 85.3 Å². The Bertz CT molecular complexity index is 1080. The molecule has 3 aromatic rings. The molecular weight excluding hydrogens is 370 g/mol. The van der Waals surface area contributed by atoms with Crippen LogP contribution in [0.2, 0.25) is 0 Å². The van der Waals surface area contributed by atoms with Gasteiger partial charge in [-0.2, -0.15) is 0 Å². The van der Waals surface area contributed by atoms with E-state index in [2.05, 4.69) is 26.0 Å². The fourth-order valence-corrected chi connectivity index (χ4v) is 5.00. The summed E-state index contributed by atoms with van der Waals surface area (Å²) in [7, 11) is 1.67. The van der Waals surface area contributed by atoms with E-state index in [0.29, 0.717) is 0 Å². The van der Waals surface area contributed by atoms with E-state index in [1.54, 1.807) is 30.6 Å². The van der Waals surface area contributed by atoms with Gasteiger partial charge in [-0.3, -0.25) is 10.1 Å². The number of nitrogens with zero attached hydrogens (tertiary/aromatic N) is 1. The minimum absolute atomic E-state index is 0.122. The molecule has 0 unspecified atom stereocenters. The molecule has 0 radical (unpaired) electrons. The van der Waals surface area contributed by atoms with E-state index in [0.717, 1.165) is 24.2 Å². The number of thiophene rings is 1. The maximum Gasteiger partial charge on any atom is 0.269 e. The molecule has 28 heavy (non-hydrogen) atoms. The molecular formula is C23H21NO3S. The number of non-ortho nitro benzene ring substituents is 1. The molecule has 0 saturated carbocycles. The van der Waals surface area contributed by atoms with Crippen LogP contribution >= 0.6 is 11.3 Å². The molecule has 0 spiro atoms. The van der Waals surface area contributed by atoms with E-state index < -0.39 is 0 Å². The molecule has 4 nitrogen and oxygen atoms in total. The van der Waals surface area contributed by atoms with E-state index in [4.69, 9.17) is 4.74 Å². The van der Waals surface area contributed by atoms with Crippen molar-refractivity contribution in [1.82, 2.24) is 0 Å². The van der Waals surface area contributed by atoms with E-state index in [-0.39, 0.29) is 10.6 Å². The third kappa shape index (κ3) is 3.22. The zero-order chi connectivity index (χ0) is 19.8. The second kappa shape index (κ2) is 7.24. The van der Waals surface area contributed by atoms with E-state index in [1.165, 1.54) is 37.6 Å². The molecule has 0 saturated heterocycles. The summed E-state index contributed by atoms with van der Waals surface area (Å²) >= 11 is 1.78. The maximum atomic E-state index is 11.0. The van der Waals surface area contributed by atoms with E-state index in [1.807, 2.05) is 24.3 Å². The zero-order valence-corrected chi connectivity index (χ0v) is 16.9. The van der Waals surface area contributed by atoms with Gasteiger partial charge in [-0.25, -0.2) is 0 Å². The van der Waals surface area contributed by atoms with Gasteiger partial charge < -0.3 is 4.74 Å². The van der Waals surface area contributed by atoms with Crippen LogP contribution in [0.4, 0.5) is 5.69 Å². The summed E-state index contributed by atoms with van der Waals surface area (Å²) in [6.45, 7) is 4.40. The first-order valence-corrected chi connectivity index (χ1v) is 9.98. The Hall–Kier alpha value is -2.92. The Labute approximate surface area is 168 Å². The van der Waals surface area contributed by atoms with Crippen LogP contribution in [0.25, 0.3) is 20.9 Å². The van der Waals surface area contributed by atoms with Gasteiger partial charge in [0, 0.05) is 21.9 Å². The normalized spacial score (nSPS) is 13.4. The van der Waals surface area contributed by atoms with Crippen molar-refractivity contribution in [2.75, 3.05) is 7.11 Å². The monoisotopic (exact) mass is 391 g/mol. The molecule has 5 heteroatoms. The fourth-order valence-electron chi connectivity index (χ4n) is 3.65. The predicted molar refractivity (Wildman–Crippen MR) is 114 cm³/mol. The number of rotatable bonds is 4. The molecule has 0 fully saturated rings. The summed E-state index contributed by atoms with van der Waals surface area (Å²) in [6, 6.07) is 15.1. The highest BCUT2D eigenvalue weighted by Crippen LogP contribution is 2.46. The topological polar surface area (TPSA) is 52.4 Å². The number of ether oxygens (including phenoxy) is 1. The number of benzene rings is 2. The van der Waals surface area contributed by atoms with Crippen molar-refractivity contribution < 1.29 is 9.66 Å². The Morgan fingerprint density at radius 1 is 0.857 bits per heavy atom. The average molecular weight is 391 g/mol. The van der Waals surface area contributed by atoms with Gasteiger partial charge in [0.05, 0.1) is 12.0 Å². The van der Waals surface area contributed by atoms with Crippen molar-refractivity contribution in [1.29, 1.82) is 0 Å². The number of nitro groups is 1. The summed E-state index contributed by atoms with van der Waals surface area (Å²) in [4.78, 5) is 13.1. The SMILES string of the molecule is COc1ccc(-c2sc(-c3ccc([N+](=O)[O-])cc3)c3c2CC(C)=C(C)C3)cc1. The molecule has 1 aliphatic carbocycles. The quantitative estimate of drug-likeness (QED) is 0.292. The molecule has 0 amide bonds. The van der Waals surface area contributed by atoms with Crippen molar-refractivity contribution in [2.24, 2.45) is 0 Å². The maximum absolute atomic E-state index is 11.0. The molecule has 0 N–H and O–H groups in total. The second-order valence-corrected chi connectivity index (χ2v) is 8.18. The molecule has 1 aliphatic rings. The second-order valence-electron chi connectivity index (χ2n) is 7.16. The number of allylic oxidation sites excluding steroid dienone is 2. The Morgan fingerprint density at radius 3 is 1.75 bits per heavy atom. The highest BCUT2D eigenvalue weighted by Gasteiger charge is 2.24. The van der Waals surface area contributed by atoms with Crippen molar-refractivity contribution in [3.05, 3.63) is 80.9 Å². The fraction of sp³-hybridized carbons (Fsp3) is 0.217. The first kappa shape index (κ1) is 18.4. The standard InChI is InChI=1S/C23H21NO3S/c1-14-12-20-21(13-15(14)2)23(17-6-10-19(27-3)11-7-17)28-22(20)16-4-8-18(9-5-16)24(25)26/h4-11H,12-13H2,1-3H3. The van der Waals surface area contributed by atoms with Gasteiger partial charge in [0.15, 0.2) is 0 Å². The number of methoxy groups -OCH3 is 1. The van der Waals surface area contributed by atoms with Crippen molar-refractivity contribution >= 4 is 17.0 Å². The lowest BCUT2D eigenvalue weighted by molar-refractivity contribution is -0.384. The average Bonchev–Trinajstić information content (AvgIpc) is 3.06. The molecule has 0 bridgehead atoms. The Balaban J connectivity index is 1.85. The van der Waals surface area contributed by atoms with Crippen LogP contribution in [0.15, 0.2) is 59.7 Å². The molecule has 0 atom stereocenters. The van der Waals surface area contributed by atoms with Gasteiger partial charge in [0.25, 0.3) is 5.69 Å². The largest absolute Gasteiger partial charge is 0.497 e. The lowest BCUT2D eigenvalue weighted by Crippen LogP contribution is -2.05. The summed E-state index contributed by atoms with van der Waals surface area (Å²) in [5.74, 6) is 0.844. The first-order chi connectivity index (χ1) is 13.5. The lowest BCUT2D eigenvalue weighted by atomic mass is 9.86. The molecule has 0 aliphatic heterocycles. The minimum Gasteiger partial charge on any atom is -0.497 e. The third-order valence-corrected chi connectivity index (χ3v) is 6.79. The van der Waals surface area contributed by atoms with Crippen LogP contribution in [-0.2, 0) is 12.8 Å². The van der Waals surface area contributed by atoms with Crippen molar-refractivity contribution in [2.45, 2.75) is 26.7 Å². The van der Waals surface area contributed by atoms with Crippen LogP contribution in [0, 0.1) is 10.1 Å². The number of hydrogen-bond acceptors (Lipinski definition) is 4. The van der Waals surface area contributed by atoms with Crippen LogP contribution < -0.4 is 4.74 Å². The van der Waals surface area contributed by atoms with Crippen LogP contribution in [-0.4, -0.2) is 12.0 Å². The zero-order valence-electron chi connectivity index (χ0n) is 16.1. The van der Waals surface area contributed by atoms with Crippen LogP contribution in [0.1, 0.15) is 25.0 Å². The first-order valence-electron chi connectivity index (χ1n) is 9.17.